The lowest BCUT2D eigenvalue weighted by Crippen LogP contribution is -2.36. The maximum absolute atomic E-state index is 10.8. The molecule has 0 saturated carbocycles. The zero-order valence-electron chi connectivity index (χ0n) is 12.1. The molecule has 1 rings (SSSR count). The van der Waals surface area contributed by atoms with Gasteiger partial charge in [0.1, 0.15) is 0 Å². The Labute approximate surface area is 120 Å². The van der Waals surface area contributed by atoms with Crippen LogP contribution in [-0.4, -0.2) is 34.8 Å². The van der Waals surface area contributed by atoms with E-state index in [2.05, 4.69) is 49.3 Å². The molecule has 0 fully saturated rings. The first-order chi connectivity index (χ1) is 8.99. The van der Waals surface area contributed by atoms with Gasteiger partial charge in [0.2, 0.25) is 0 Å². The highest BCUT2D eigenvalue weighted by molar-refractivity contribution is 7.98. The molecule has 2 unspecified atom stereocenters. The molecule has 0 radical (unpaired) electrons. The van der Waals surface area contributed by atoms with Crippen molar-refractivity contribution in [3.63, 3.8) is 0 Å². The summed E-state index contributed by atoms with van der Waals surface area (Å²) in [4.78, 5) is 14.3. The molecule has 4 heteroatoms. The summed E-state index contributed by atoms with van der Waals surface area (Å²) in [5.74, 6) is -0.740. The van der Waals surface area contributed by atoms with Crippen molar-refractivity contribution >= 4 is 17.7 Å². The first-order valence-electron chi connectivity index (χ1n) is 6.61. The van der Waals surface area contributed by atoms with E-state index in [1.807, 2.05) is 6.92 Å². The van der Waals surface area contributed by atoms with E-state index in [0.717, 1.165) is 6.54 Å². The second-order valence-electron chi connectivity index (χ2n) is 4.73. The fourth-order valence-electron chi connectivity index (χ4n) is 2.41. The summed E-state index contributed by atoms with van der Waals surface area (Å²) in [6.45, 7) is 7.03. The Kier molecular flexibility index (Phi) is 6.38. The molecule has 1 N–H and O–H groups in total. The van der Waals surface area contributed by atoms with E-state index in [4.69, 9.17) is 5.11 Å². The monoisotopic (exact) mass is 281 g/mol. The van der Waals surface area contributed by atoms with Crippen LogP contribution in [0.25, 0.3) is 0 Å². The van der Waals surface area contributed by atoms with Crippen molar-refractivity contribution in [2.45, 2.75) is 44.2 Å². The van der Waals surface area contributed by atoms with E-state index in [0.29, 0.717) is 0 Å². The van der Waals surface area contributed by atoms with Gasteiger partial charge in [-0.15, -0.1) is 11.8 Å². The van der Waals surface area contributed by atoms with Crippen molar-refractivity contribution in [3.8, 4) is 0 Å². The summed E-state index contributed by atoms with van der Waals surface area (Å²) in [5, 5.41) is 8.92. The van der Waals surface area contributed by atoms with Gasteiger partial charge in [0, 0.05) is 17.0 Å². The molecule has 19 heavy (non-hydrogen) atoms. The number of nitrogens with zero attached hydrogens (tertiary/aromatic N) is 1. The Morgan fingerprint density at radius 1 is 1.32 bits per heavy atom. The van der Waals surface area contributed by atoms with E-state index in [-0.39, 0.29) is 18.5 Å². The molecule has 106 valence electrons. The molecule has 0 aliphatic carbocycles. The number of rotatable bonds is 7. The van der Waals surface area contributed by atoms with E-state index in [1.54, 1.807) is 11.8 Å². The Morgan fingerprint density at radius 2 is 1.89 bits per heavy atom. The molecule has 0 aliphatic heterocycles. The molecule has 0 heterocycles. The first-order valence-corrected chi connectivity index (χ1v) is 7.83. The van der Waals surface area contributed by atoms with E-state index >= 15 is 0 Å². The van der Waals surface area contributed by atoms with Gasteiger partial charge in [0.25, 0.3) is 0 Å². The van der Waals surface area contributed by atoms with Crippen LogP contribution in [0.4, 0.5) is 0 Å². The first kappa shape index (κ1) is 16.1. The van der Waals surface area contributed by atoms with Gasteiger partial charge in [-0.2, -0.15) is 0 Å². The van der Waals surface area contributed by atoms with Gasteiger partial charge >= 0.3 is 5.97 Å². The average molecular weight is 281 g/mol. The molecule has 1 aromatic rings. The lowest BCUT2D eigenvalue weighted by Gasteiger charge is -2.33. The molecule has 1 aromatic carbocycles. The lowest BCUT2D eigenvalue weighted by atomic mass is 10.0. The number of carboxylic acids is 1. The summed E-state index contributed by atoms with van der Waals surface area (Å²) < 4.78 is 0. The fourth-order valence-corrected chi connectivity index (χ4v) is 2.82. The highest BCUT2D eigenvalue weighted by atomic mass is 32.2. The molecule has 0 amide bonds. The maximum Gasteiger partial charge on any atom is 0.304 e. The average Bonchev–Trinajstić information content (AvgIpc) is 2.38. The minimum Gasteiger partial charge on any atom is -0.481 e. The second kappa shape index (κ2) is 7.56. The standard InChI is InChI=1S/C15H23NO2S/c1-5-16(11(2)10-15(17)18)12(3)13-6-8-14(19-4)9-7-13/h6-9,11-12H,5,10H2,1-4H3,(H,17,18). The van der Waals surface area contributed by atoms with Gasteiger partial charge in [-0.3, -0.25) is 9.69 Å². The van der Waals surface area contributed by atoms with Crippen molar-refractivity contribution in [1.29, 1.82) is 0 Å². The predicted octanol–water partition coefficient (Wildman–Crippen LogP) is 3.65. The summed E-state index contributed by atoms with van der Waals surface area (Å²) >= 11 is 1.73. The number of benzene rings is 1. The zero-order valence-corrected chi connectivity index (χ0v) is 12.9. The normalized spacial score (nSPS) is 14.4. The van der Waals surface area contributed by atoms with Crippen LogP contribution in [0.5, 0.6) is 0 Å². The Balaban J connectivity index is 2.81. The van der Waals surface area contributed by atoms with Crippen LogP contribution in [0, 0.1) is 0 Å². The van der Waals surface area contributed by atoms with Gasteiger partial charge in [-0.1, -0.05) is 19.1 Å². The molecule has 0 bridgehead atoms. The van der Waals surface area contributed by atoms with Gasteiger partial charge in [-0.05, 0) is 44.3 Å². The van der Waals surface area contributed by atoms with Crippen molar-refractivity contribution in [2.24, 2.45) is 0 Å². The number of hydrogen-bond donors (Lipinski definition) is 1. The van der Waals surface area contributed by atoms with Crippen molar-refractivity contribution < 1.29 is 9.90 Å². The summed E-state index contributed by atoms with van der Waals surface area (Å²) in [6.07, 6.45) is 2.24. The third kappa shape index (κ3) is 4.55. The number of carboxylic acid groups (broad SMARTS) is 1. The molecule has 0 aliphatic rings. The summed E-state index contributed by atoms with van der Waals surface area (Å²) in [6, 6.07) is 8.77. The van der Waals surface area contributed by atoms with Gasteiger partial charge < -0.3 is 5.11 Å². The van der Waals surface area contributed by atoms with Gasteiger partial charge in [-0.25, -0.2) is 0 Å². The van der Waals surface area contributed by atoms with Gasteiger partial charge in [0.05, 0.1) is 6.42 Å². The number of thioether (sulfide) groups is 1. The summed E-state index contributed by atoms with van der Waals surface area (Å²) in [7, 11) is 0. The number of hydrogen-bond acceptors (Lipinski definition) is 3. The smallest absolute Gasteiger partial charge is 0.304 e. The van der Waals surface area contributed by atoms with Crippen LogP contribution in [0.2, 0.25) is 0 Å². The fraction of sp³-hybridized carbons (Fsp3) is 0.533. The van der Waals surface area contributed by atoms with E-state index in [1.165, 1.54) is 10.5 Å². The highest BCUT2D eigenvalue weighted by Gasteiger charge is 2.21. The van der Waals surface area contributed by atoms with Crippen molar-refractivity contribution in [1.82, 2.24) is 4.90 Å². The van der Waals surface area contributed by atoms with Crippen LogP contribution in [0.3, 0.4) is 0 Å². The third-order valence-corrected chi connectivity index (χ3v) is 4.24. The molecule has 0 spiro atoms. The van der Waals surface area contributed by atoms with Crippen LogP contribution in [-0.2, 0) is 4.79 Å². The van der Waals surface area contributed by atoms with Crippen molar-refractivity contribution in [3.05, 3.63) is 29.8 Å². The Bertz CT molecular complexity index is 405. The maximum atomic E-state index is 10.8. The molecule has 3 nitrogen and oxygen atoms in total. The number of aliphatic carboxylic acids is 1. The molecule has 2 atom stereocenters. The largest absolute Gasteiger partial charge is 0.481 e. The molecule has 0 saturated heterocycles. The molecular formula is C15H23NO2S. The quantitative estimate of drug-likeness (QED) is 0.774. The lowest BCUT2D eigenvalue weighted by molar-refractivity contribution is -0.138. The van der Waals surface area contributed by atoms with E-state index in [9.17, 15) is 4.79 Å². The van der Waals surface area contributed by atoms with Gasteiger partial charge in [0.15, 0.2) is 0 Å². The van der Waals surface area contributed by atoms with Crippen LogP contribution >= 0.6 is 11.8 Å². The second-order valence-corrected chi connectivity index (χ2v) is 5.61. The SMILES string of the molecule is CCN(C(C)CC(=O)O)C(C)c1ccc(SC)cc1. The zero-order chi connectivity index (χ0) is 14.4. The Hall–Kier alpha value is -1.00. The van der Waals surface area contributed by atoms with Crippen LogP contribution in [0.15, 0.2) is 29.2 Å². The predicted molar refractivity (Wildman–Crippen MR) is 80.7 cm³/mol. The van der Waals surface area contributed by atoms with E-state index < -0.39 is 5.97 Å². The minimum absolute atomic E-state index is 0.0396. The Morgan fingerprint density at radius 3 is 2.32 bits per heavy atom. The molecule has 0 aromatic heterocycles. The van der Waals surface area contributed by atoms with Crippen LogP contribution in [0.1, 0.15) is 38.8 Å². The summed E-state index contributed by atoms with van der Waals surface area (Å²) in [5.41, 5.74) is 1.23. The topological polar surface area (TPSA) is 40.5 Å². The van der Waals surface area contributed by atoms with Crippen molar-refractivity contribution in [2.75, 3.05) is 12.8 Å². The van der Waals surface area contributed by atoms with Crippen LogP contribution < -0.4 is 0 Å². The number of carbonyl (C=O) groups is 1. The minimum atomic E-state index is -0.740. The highest BCUT2D eigenvalue weighted by Crippen LogP contribution is 2.25. The third-order valence-electron chi connectivity index (χ3n) is 3.50. The molecular weight excluding hydrogens is 258 g/mol.